The normalized spacial score (nSPS) is 10.2. The number of aromatic amines is 1. The first kappa shape index (κ1) is 8.09. The van der Waals surface area contributed by atoms with Crippen LogP contribution in [0.4, 0.5) is 4.39 Å². The van der Waals surface area contributed by atoms with Crippen molar-refractivity contribution in [1.29, 1.82) is 5.26 Å². The Morgan fingerprint density at radius 1 is 1.38 bits per heavy atom. The van der Waals surface area contributed by atoms with E-state index in [2.05, 4.69) is 4.98 Å². The molecule has 0 radical (unpaired) electrons. The number of benzene rings is 1. The van der Waals surface area contributed by atoms with Gasteiger partial charge in [0.25, 0.3) is 0 Å². The molecule has 4 heteroatoms. The number of hydrogen-bond donors (Lipinski definition) is 1. The summed E-state index contributed by atoms with van der Waals surface area (Å²) in [6, 6.07) is 6.28. The SMILES string of the molecule is N#Cc1cc2cc(F)c(Cl)cc2[nH]1. The van der Waals surface area contributed by atoms with Crippen molar-refractivity contribution in [3.8, 4) is 6.07 Å². The Morgan fingerprint density at radius 3 is 2.85 bits per heavy atom. The molecule has 13 heavy (non-hydrogen) atoms. The Morgan fingerprint density at radius 2 is 2.15 bits per heavy atom. The number of H-pyrrole nitrogens is 1. The predicted octanol–water partition coefficient (Wildman–Crippen LogP) is 2.83. The van der Waals surface area contributed by atoms with E-state index < -0.39 is 5.82 Å². The van der Waals surface area contributed by atoms with Gasteiger partial charge in [-0.1, -0.05) is 11.6 Å². The van der Waals surface area contributed by atoms with Crippen molar-refractivity contribution in [3.63, 3.8) is 0 Å². The largest absolute Gasteiger partial charge is 0.346 e. The van der Waals surface area contributed by atoms with Crippen LogP contribution in [0.25, 0.3) is 10.9 Å². The fourth-order valence-electron chi connectivity index (χ4n) is 1.19. The zero-order valence-corrected chi connectivity index (χ0v) is 7.19. The minimum absolute atomic E-state index is 0.0545. The molecule has 0 aliphatic carbocycles. The molecule has 0 aliphatic rings. The van der Waals surface area contributed by atoms with Crippen LogP contribution in [-0.4, -0.2) is 4.98 Å². The predicted molar refractivity (Wildman–Crippen MR) is 48.0 cm³/mol. The average molecular weight is 195 g/mol. The molecule has 0 aliphatic heterocycles. The van der Waals surface area contributed by atoms with E-state index in [0.29, 0.717) is 16.6 Å². The highest BCUT2D eigenvalue weighted by Crippen LogP contribution is 2.22. The monoisotopic (exact) mass is 194 g/mol. The van der Waals surface area contributed by atoms with Crippen LogP contribution in [0, 0.1) is 17.1 Å². The lowest BCUT2D eigenvalue weighted by molar-refractivity contribution is 0.630. The lowest BCUT2D eigenvalue weighted by atomic mass is 10.2. The Hall–Kier alpha value is -1.53. The third-order valence-electron chi connectivity index (χ3n) is 1.78. The first-order valence-corrected chi connectivity index (χ1v) is 3.96. The highest BCUT2D eigenvalue weighted by atomic mass is 35.5. The van der Waals surface area contributed by atoms with E-state index in [1.165, 1.54) is 12.1 Å². The molecular formula is C9H4ClFN2. The summed E-state index contributed by atoms with van der Waals surface area (Å²) in [5.41, 5.74) is 1.07. The van der Waals surface area contributed by atoms with Gasteiger partial charge in [-0.05, 0) is 18.2 Å². The molecule has 1 aromatic heterocycles. The summed E-state index contributed by atoms with van der Waals surface area (Å²) in [4.78, 5) is 2.80. The lowest BCUT2D eigenvalue weighted by Crippen LogP contribution is -1.76. The van der Waals surface area contributed by atoms with E-state index in [4.69, 9.17) is 16.9 Å². The number of rotatable bonds is 0. The minimum atomic E-state index is -0.474. The standard InChI is InChI=1S/C9H4ClFN2/c10-7-3-9-5(2-8(7)11)1-6(4-12)13-9/h1-3,13H. The molecule has 1 heterocycles. The Balaban J connectivity index is 2.79. The first-order valence-electron chi connectivity index (χ1n) is 3.58. The first-order chi connectivity index (χ1) is 6.20. The number of nitrogens with zero attached hydrogens (tertiary/aromatic N) is 1. The zero-order chi connectivity index (χ0) is 9.42. The highest BCUT2D eigenvalue weighted by Gasteiger charge is 2.04. The Kier molecular flexibility index (Phi) is 1.71. The molecule has 0 bridgehead atoms. The molecule has 0 unspecified atom stereocenters. The fraction of sp³-hybridized carbons (Fsp3) is 0. The highest BCUT2D eigenvalue weighted by molar-refractivity contribution is 6.31. The van der Waals surface area contributed by atoms with Gasteiger partial charge in [0.2, 0.25) is 0 Å². The van der Waals surface area contributed by atoms with Gasteiger partial charge >= 0.3 is 0 Å². The summed E-state index contributed by atoms with van der Waals surface area (Å²) >= 11 is 5.56. The van der Waals surface area contributed by atoms with E-state index in [0.717, 1.165) is 0 Å². The number of nitriles is 1. The summed E-state index contributed by atoms with van der Waals surface area (Å²) in [6.07, 6.45) is 0. The molecule has 0 saturated carbocycles. The van der Waals surface area contributed by atoms with Crippen molar-refractivity contribution in [1.82, 2.24) is 4.98 Å². The molecule has 1 N–H and O–H groups in total. The maximum atomic E-state index is 12.9. The molecule has 0 atom stereocenters. The van der Waals surface area contributed by atoms with Crippen LogP contribution in [-0.2, 0) is 0 Å². The number of halogens is 2. The van der Waals surface area contributed by atoms with Crippen LogP contribution in [0.2, 0.25) is 5.02 Å². The molecule has 0 saturated heterocycles. The summed E-state index contributed by atoms with van der Waals surface area (Å²) in [5, 5.41) is 9.28. The number of aromatic nitrogens is 1. The van der Waals surface area contributed by atoms with Gasteiger partial charge in [-0.15, -0.1) is 0 Å². The second-order valence-corrected chi connectivity index (χ2v) is 3.06. The van der Waals surface area contributed by atoms with Crippen LogP contribution < -0.4 is 0 Å². The maximum absolute atomic E-state index is 12.9. The van der Waals surface area contributed by atoms with Crippen molar-refractivity contribution in [2.24, 2.45) is 0 Å². The van der Waals surface area contributed by atoms with Gasteiger partial charge in [0.15, 0.2) is 0 Å². The van der Waals surface area contributed by atoms with Crippen molar-refractivity contribution in [2.75, 3.05) is 0 Å². The van der Waals surface area contributed by atoms with E-state index in [-0.39, 0.29) is 5.02 Å². The van der Waals surface area contributed by atoms with Crippen LogP contribution in [0.5, 0.6) is 0 Å². The maximum Gasteiger partial charge on any atom is 0.142 e. The van der Waals surface area contributed by atoms with Gasteiger partial charge in [-0.3, -0.25) is 0 Å². The van der Waals surface area contributed by atoms with Crippen LogP contribution in [0.1, 0.15) is 5.69 Å². The van der Waals surface area contributed by atoms with Crippen LogP contribution >= 0.6 is 11.6 Å². The third-order valence-corrected chi connectivity index (χ3v) is 2.07. The van der Waals surface area contributed by atoms with Crippen LogP contribution in [0.3, 0.4) is 0 Å². The molecule has 0 spiro atoms. The van der Waals surface area contributed by atoms with Gasteiger partial charge in [-0.2, -0.15) is 5.26 Å². The summed E-state index contributed by atoms with van der Waals surface area (Å²) in [7, 11) is 0. The van der Waals surface area contributed by atoms with Gasteiger partial charge in [-0.25, -0.2) is 4.39 Å². The second-order valence-electron chi connectivity index (χ2n) is 2.65. The Bertz CT molecular complexity index is 471. The van der Waals surface area contributed by atoms with Gasteiger partial charge in [0.05, 0.1) is 5.02 Å². The van der Waals surface area contributed by atoms with Gasteiger partial charge in [0, 0.05) is 10.9 Å². The topological polar surface area (TPSA) is 39.6 Å². The molecule has 64 valence electrons. The third kappa shape index (κ3) is 1.25. The summed E-state index contributed by atoms with van der Waals surface area (Å²) < 4.78 is 12.9. The molecule has 2 nitrogen and oxygen atoms in total. The minimum Gasteiger partial charge on any atom is -0.346 e. The van der Waals surface area contributed by atoms with Crippen molar-refractivity contribution >= 4 is 22.5 Å². The molecular weight excluding hydrogens is 191 g/mol. The Labute approximate surface area is 78.5 Å². The van der Waals surface area contributed by atoms with E-state index in [9.17, 15) is 4.39 Å². The molecule has 0 fully saturated rings. The van der Waals surface area contributed by atoms with Crippen LogP contribution in [0.15, 0.2) is 18.2 Å². The molecule has 2 aromatic rings. The van der Waals surface area contributed by atoms with Crippen molar-refractivity contribution < 1.29 is 4.39 Å². The quantitative estimate of drug-likeness (QED) is 0.688. The fourth-order valence-corrected chi connectivity index (χ4v) is 1.35. The van der Waals surface area contributed by atoms with E-state index in [1.54, 1.807) is 6.07 Å². The molecule has 1 aromatic carbocycles. The molecule has 2 rings (SSSR count). The average Bonchev–Trinajstić information content (AvgIpc) is 2.48. The van der Waals surface area contributed by atoms with Crippen molar-refractivity contribution in [2.45, 2.75) is 0 Å². The summed E-state index contributed by atoms with van der Waals surface area (Å²) in [6.45, 7) is 0. The van der Waals surface area contributed by atoms with Crippen molar-refractivity contribution in [3.05, 3.63) is 34.7 Å². The number of nitrogens with one attached hydrogen (secondary N) is 1. The lowest BCUT2D eigenvalue weighted by Gasteiger charge is -1.92. The zero-order valence-electron chi connectivity index (χ0n) is 6.44. The smallest absolute Gasteiger partial charge is 0.142 e. The second kappa shape index (κ2) is 2.75. The number of hydrogen-bond acceptors (Lipinski definition) is 1. The van der Waals surface area contributed by atoms with Gasteiger partial charge < -0.3 is 4.98 Å². The van der Waals surface area contributed by atoms with E-state index >= 15 is 0 Å². The molecule has 0 amide bonds. The number of fused-ring (bicyclic) bond motifs is 1. The van der Waals surface area contributed by atoms with E-state index in [1.807, 2.05) is 6.07 Å². The van der Waals surface area contributed by atoms with Gasteiger partial charge in [0.1, 0.15) is 17.6 Å². The summed E-state index contributed by atoms with van der Waals surface area (Å²) in [5.74, 6) is -0.474.